The third kappa shape index (κ3) is 5.63. The van der Waals surface area contributed by atoms with Crippen molar-refractivity contribution in [3.05, 3.63) is 94.0 Å². The van der Waals surface area contributed by atoms with E-state index in [1.165, 1.54) is 4.31 Å². The summed E-state index contributed by atoms with van der Waals surface area (Å²) in [6.45, 7) is 11.3. The molecule has 6 heteroatoms. The SMILES string of the molecule is Cc1ccc(S(=O)(=O)N(CC(=O)N[C@H](C)c2ccc(C)cc2C)c2cc(C)ccc2C)cc1. The predicted octanol–water partition coefficient (Wildman–Crippen LogP) is 5.30. The summed E-state index contributed by atoms with van der Waals surface area (Å²) in [5.41, 5.74) is 6.42. The first kappa shape index (κ1) is 24.5. The average Bonchev–Trinajstić information content (AvgIpc) is 2.74. The second-order valence-corrected chi connectivity index (χ2v) is 10.6. The molecule has 0 fully saturated rings. The van der Waals surface area contributed by atoms with Gasteiger partial charge in [0.25, 0.3) is 10.0 Å². The molecular formula is C27H32N2O3S. The molecule has 0 aromatic heterocycles. The molecule has 33 heavy (non-hydrogen) atoms. The number of benzene rings is 3. The van der Waals surface area contributed by atoms with Gasteiger partial charge in [0.1, 0.15) is 6.54 Å². The maximum absolute atomic E-state index is 13.6. The van der Waals surface area contributed by atoms with Crippen LogP contribution in [0.25, 0.3) is 0 Å². The Kier molecular flexibility index (Phi) is 7.28. The number of nitrogens with zero attached hydrogens (tertiary/aromatic N) is 1. The van der Waals surface area contributed by atoms with Crippen LogP contribution in [-0.4, -0.2) is 20.9 Å². The van der Waals surface area contributed by atoms with Crippen LogP contribution in [0.1, 0.15) is 46.3 Å². The van der Waals surface area contributed by atoms with Gasteiger partial charge in [-0.05, 0) is 82.0 Å². The third-order valence-electron chi connectivity index (χ3n) is 5.80. The van der Waals surface area contributed by atoms with Gasteiger partial charge >= 0.3 is 0 Å². The van der Waals surface area contributed by atoms with Crippen molar-refractivity contribution in [1.82, 2.24) is 5.32 Å². The van der Waals surface area contributed by atoms with E-state index in [1.54, 1.807) is 24.3 Å². The first-order chi connectivity index (χ1) is 15.5. The Labute approximate surface area is 197 Å². The van der Waals surface area contributed by atoms with Crippen molar-refractivity contribution in [2.75, 3.05) is 10.8 Å². The standard InChI is InChI=1S/C27H32N2O3S/c1-18-8-12-24(13-9-18)33(31,32)29(26-16-20(3)7-11-21(26)4)17-27(30)28-23(6)25-14-10-19(2)15-22(25)5/h7-16,23H,17H2,1-6H3,(H,28,30)/t23-/m1/s1. The summed E-state index contributed by atoms with van der Waals surface area (Å²) < 4.78 is 28.5. The van der Waals surface area contributed by atoms with E-state index in [-0.39, 0.29) is 23.4 Å². The summed E-state index contributed by atoms with van der Waals surface area (Å²) >= 11 is 0. The number of carbonyl (C=O) groups is 1. The average molecular weight is 465 g/mol. The molecule has 1 amide bonds. The van der Waals surface area contributed by atoms with Gasteiger partial charge in [0.2, 0.25) is 5.91 Å². The van der Waals surface area contributed by atoms with Crippen molar-refractivity contribution in [2.45, 2.75) is 52.5 Å². The van der Waals surface area contributed by atoms with Gasteiger partial charge in [-0.3, -0.25) is 9.10 Å². The van der Waals surface area contributed by atoms with E-state index in [4.69, 9.17) is 0 Å². The van der Waals surface area contributed by atoms with Crippen LogP contribution in [0.4, 0.5) is 5.69 Å². The quantitative estimate of drug-likeness (QED) is 0.516. The molecule has 0 spiro atoms. The molecule has 5 nitrogen and oxygen atoms in total. The van der Waals surface area contributed by atoms with Crippen LogP contribution in [0.5, 0.6) is 0 Å². The fourth-order valence-corrected chi connectivity index (χ4v) is 5.41. The third-order valence-corrected chi connectivity index (χ3v) is 7.57. The lowest BCUT2D eigenvalue weighted by Gasteiger charge is -2.27. The Bertz CT molecular complexity index is 1270. The van der Waals surface area contributed by atoms with Crippen LogP contribution in [0, 0.1) is 34.6 Å². The minimum absolute atomic E-state index is 0.157. The molecule has 3 aromatic carbocycles. The highest BCUT2D eigenvalue weighted by Gasteiger charge is 2.29. The Balaban J connectivity index is 1.95. The van der Waals surface area contributed by atoms with Gasteiger partial charge in [0.05, 0.1) is 16.6 Å². The highest BCUT2D eigenvalue weighted by Crippen LogP contribution is 2.28. The minimum atomic E-state index is -3.95. The van der Waals surface area contributed by atoms with Gasteiger partial charge in [-0.25, -0.2) is 8.42 Å². The Hall–Kier alpha value is -3.12. The van der Waals surface area contributed by atoms with Crippen LogP contribution >= 0.6 is 0 Å². The smallest absolute Gasteiger partial charge is 0.264 e. The summed E-state index contributed by atoms with van der Waals surface area (Å²) in [4.78, 5) is 13.3. The van der Waals surface area contributed by atoms with Gasteiger partial charge in [-0.1, -0.05) is 53.6 Å². The maximum atomic E-state index is 13.6. The van der Waals surface area contributed by atoms with Crippen molar-refractivity contribution in [2.24, 2.45) is 0 Å². The molecule has 0 aliphatic carbocycles. The Morgan fingerprint density at radius 2 is 1.39 bits per heavy atom. The van der Waals surface area contributed by atoms with E-state index in [2.05, 4.69) is 11.4 Å². The van der Waals surface area contributed by atoms with E-state index in [9.17, 15) is 13.2 Å². The van der Waals surface area contributed by atoms with Crippen molar-refractivity contribution in [3.63, 3.8) is 0 Å². The zero-order valence-corrected chi connectivity index (χ0v) is 21.0. The second-order valence-electron chi connectivity index (χ2n) is 8.76. The molecule has 0 aliphatic rings. The zero-order valence-electron chi connectivity index (χ0n) is 20.1. The van der Waals surface area contributed by atoms with Crippen LogP contribution < -0.4 is 9.62 Å². The molecule has 0 radical (unpaired) electrons. The number of aryl methyl sites for hydroxylation is 5. The van der Waals surface area contributed by atoms with Crippen LogP contribution in [-0.2, 0) is 14.8 Å². The summed E-state index contributed by atoms with van der Waals surface area (Å²) in [6, 6.07) is 18.1. The van der Waals surface area contributed by atoms with Crippen LogP contribution in [0.3, 0.4) is 0 Å². The number of rotatable bonds is 7. The number of hydrogen-bond acceptors (Lipinski definition) is 3. The van der Waals surface area contributed by atoms with Gasteiger partial charge in [0.15, 0.2) is 0 Å². The molecule has 3 rings (SSSR count). The topological polar surface area (TPSA) is 66.5 Å². The van der Waals surface area contributed by atoms with E-state index in [1.807, 2.05) is 71.9 Å². The van der Waals surface area contributed by atoms with Crippen molar-refractivity contribution >= 4 is 21.6 Å². The fraction of sp³-hybridized carbons (Fsp3) is 0.296. The second kappa shape index (κ2) is 9.79. The monoisotopic (exact) mass is 464 g/mol. The lowest BCUT2D eigenvalue weighted by atomic mass is 10.0. The molecule has 0 saturated heterocycles. The summed E-state index contributed by atoms with van der Waals surface area (Å²) in [5, 5.41) is 2.98. The molecule has 0 saturated carbocycles. The number of sulfonamides is 1. The lowest BCUT2D eigenvalue weighted by molar-refractivity contribution is -0.120. The molecule has 174 valence electrons. The van der Waals surface area contributed by atoms with E-state index < -0.39 is 10.0 Å². The van der Waals surface area contributed by atoms with Gasteiger partial charge in [-0.15, -0.1) is 0 Å². The largest absolute Gasteiger partial charge is 0.348 e. The number of carbonyl (C=O) groups excluding carboxylic acids is 1. The predicted molar refractivity (Wildman–Crippen MR) is 134 cm³/mol. The first-order valence-electron chi connectivity index (χ1n) is 11.0. The minimum Gasteiger partial charge on any atom is -0.348 e. The summed E-state index contributed by atoms with van der Waals surface area (Å²) in [5.74, 6) is -0.362. The fourth-order valence-electron chi connectivity index (χ4n) is 3.93. The number of nitrogens with one attached hydrogen (secondary N) is 1. The first-order valence-corrected chi connectivity index (χ1v) is 12.5. The highest BCUT2D eigenvalue weighted by atomic mass is 32.2. The molecule has 0 unspecified atom stereocenters. The molecule has 0 bridgehead atoms. The van der Waals surface area contributed by atoms with Crippen LogP contribution in [0.15, 0.2) is 65.6 Å². The summed E-state index contributed by atoms with van der Waals surface area (Å²) in [7, 11) is -3.95. The van der Waals surface area contributed by atoms with Gasteiger partial charge in [-0.2, -0.15) is 0 Å². The molecule has 1 atom stereocenters. The zero-order chi connectivity index (χ0) is 24.3. The molecule has 3 aromatic rings. The van der Waals surface area contributed by atoms with Gasteiger partial charge in [0, 0.05) is 0 Å². The van der Waals surface area contributed by atoms with Crippen LogP contribution in [0.2, 0.25) is 0 Å². The lowest BCUT2D eigenvalue weighted by Crippen LogP contribution is -2.42. The maximum Gasteiger partial charge on any atom is 0.264 e. The number of hydrogen-bond donors (Lipinski definition) is 1. The van der Waals surface area contributed by atoms with Crippen molar-refractivity contribution < 1.29 is 13.2 Å². The van der Waals surface area contributed by atoms with Crippen molar-refractivity contribution in [3.8, 4) is 0 Å². The van der Waals surface area contributed by atoms with E-state index >= 15 is 0 Å². The Morgan fingerprint density at radius 1 is 0.818 bits per heavy atom. The Morgan fingerprint density at radius 3 is 2.03 bits per heavy atom. The van der Waals surface area contributed by atoms with Gasteiger partial charge < -0.3 is 5.32 Å². The van der Waals surface area contributed by atoms with E-state index in [0.717, 1.165) is 33.4 Å². The van der Waals surface area contributed by atoms with E-state index in [0.29, 0.717) is 5.69 Å². The molecular weight excluding hydrogens is 432 g/mol. The normalized spacial score (nSPS) is 12.3. The summed E-state index contributed by atoms with van der Waals surface area (Å²) in [6.07, 6.45) is 0. The molecule has 0 heterocycles. The molecule has 0 aliphatic heterocycles. The molecule has 1 N–H and O–H groups in total. The van der Waals surface area contributed by atoms with Crippen molar-refractivity contribution in [1.29, 1.82) is 0 Å². The number of amides is 1. The number of anilines is 1. The highest BCUT2D eigenvalue weighted by molar-refractivity contribution is 7.92.